The van der Waals surface area contributed by atoms with Gasteiger partial charge < -0.3 is 0 Å². The number of hydrogen-bond acceptors (Lipinski definition) is 3. The Morgan fingerprint density at radius 1 is 1.30 bits per heavy atom. The Morgan fingerprint density at radius 3 is 2.65 bits per heavy atom. The average Bonchev–Trinajstić information content (AvgIpc) is 2.80. The molecule has 2 aromatic rings. The molecular weight excluding hydrogens is 410 g/mol. The van der Waals surface area contributed by atoms with Gasteiger partial charge in [0.2, 0.25) is 0 Å². The van der Waals surface area contributed by atoms with Gasteiger partial charge in [-0.15, -0.1) is 0 Å². The number of benzene rings is 1. The van der Waals surface area contributed by atoms with E-state index in [1.165, 1.54) is 0 Å². The van der Waals surface area contributed by atoms with E-state index in [2.05, 4.69) is 46.8 Å². The molecule has 0 fully saturated rings. The maximum atomic E-state index is 12.4. The van der Waals surface area contributed by atoms with Crippen molar-refractivity contribution in [2.45, 2.75) is 25.2 Å². The monoisotopic (exact) mass is 421 g/mol. The second-order valence-electron chi connectivity index (χ2n) is 4.26. The smallest absolute Gasteiger partial charge is 0.263 e. The molecule has 1 aromatic heterocycles. The molecule has 0 atom stereocenters. The Morgan fingerprint density at radius 2 is 2.00 bits per heavy atom. The normalized spacial score (nSPS) is 11.6. The van der Waals surface area contributed by atoms with Crippen LogP contribution in [0.5, 0.6) is 0 Å². The summed E-state index contributed by atoms with van der Waals surface area (Å²) in [5.41, 5.74) is 1.77. The largest absolute Gasteiger partial charge is 0.264 e. The number of H-pyrrole nitrogens is 1. The molecule has 2 N–H and O–H groups in total. The molecule has 0 spiro atoms. The van der Waals surface area contributed by atoms with Crippen molar-refractivity contribution < 1.29 is 8.42 Å². The van der Waals surface area contributed by atoms with Crippen LogP contribution in [0.25, 0.3) is 0 Å². The van der Waals surface area contributed by atoms with E-state index < -0.39 is 10.0 Å². The minimum atomic E-state index is -3.68. The molecule has 1 aromatic carbocycles. The summed E-state index contributed by atoms with van der Waals surface area (Å²) in [6.07, 6.45) is 2.30. The highest BCUT2D eigenvalue weighted by Gasteiger charge is 2.21. The van der Waals surface area contributed by atoms with Crippen LogP contribution in [0.2, 0.25) is 0 Å². The van der Waals surface area contributed by atoms with Crippen molar-refractivity contribution in [3.63, 3.8) is 0 Å². The van der Waals surface area contributed by atoms with Crippen LogP contribution in [0.3, 0.4) is 0 Å². The molecule has 0 saturated carbocycles. The van der Waals surface area contributed by atoms with Crippen LogP contribution < -0.4 is 4.72 Å². The zero-order chi connectivity index (χ0) is 14.9. The fraction of sp³-hybridized carbons (Fsp3) is 0.250. The second-order valence-corrected chi connectivity index (χ2v) is 7.62. The molecule has 0 radical (unpaired) electrons. The SMILES string of the molecule is CCc1cn[nH]c1NS(=O)(=O)c1cc(Br)c(C)cc1Br. The summed E-state index contributed by atoms with van der Waals surface area (Å²) in [7, 11) is -3.68. The Hall–Kier alpha value is -0.860. The van der Waals surface area contributed by atoms with Crippen LogP contribution in [-0.2, 0) is 16.4 Å². The first kappa shape index (κ1) is 15.5. The van der Waals surface area contributed by atoms with Gasteiger partial charge in [0.1, 0.15) is 10.7 Å². The second kappa shape index (κ2) is 5.87. The zero-order valence-electron chi connectivity index (χ0n) is 10.9. The number of nitrogens with one attached hydrogen (secondary N) is 2. The topological polar surface area (TPSA) is 74.8 Å². The molecule has 0 aliphatic heterocycles. The summed E-state index contributed by atoms with van der Waals surface area (Å²) >= 11 is 6.64. The first-order valence-corrected chi connectivity index (χ1v) is 8.92. The average molecular weight is 423 g/mol. The number of rotatable bonds is 4. The summed E-state index contributed by atoms with van der Waals surface area (Å²) in [5.74, 6) is 0.399. The number of aromatic nitrogens is 2. The van der Waals surface area contributed by atoms with Gasteiger partial charge in [0.15, 0.2) is 0 Å². The van der Waals surface area contributed by atoms with Crippen LogP contribution in [0.15, 0.2) is 32.2 Å². The molecule has 2 rings (SSSR count). The van der Waals surface area contributed by atoms with Gasteiger partial charge in [-0.1, -0.05) is 22.9 Å². The highest BCUT2D eigenvalue weighted by Crippen LogP contribution is 2.30. The maximum Gasteiger partial charge on any atom is 0.264 e. The predicted octanol–water partition coefficient (Wildman–Crippen LogP) is 3.61. The first-order valence-electron chi connectivity index (χ1n) is 5.86. The van der Waals surface area contributed by atoms with Crippen LogP contribution in [0.4, 0.5) is 5.82 Å². The van der Waals surface area contributed by atoms with Crippen molar-refractivity contribution in [3.05, 3.63) is 38.4 Å². The van der Waals surface area contributed by atoms with E-state index >= 15 is 0 Å². The summed E-state index contributed by atoms with van der Waals surface area (Å²) in [5, 5.41) is 6.51. The van der Waals surface area contributed by atoms with Gasteiger partial charge in [-0.3, -0.25) is 9.82 Å². The summed E-state index contributed by atoms with van der Waals surface area (Å²) in [4.78, 5) is 0.173. The number of nitrogens with zero attached hydrogens (tertiary/aromatic N) is 1. The molecule has 1 heterocycles. The van der Waals surface area contributed by atoms with E-state index in [1.54, 1.807) is 18.3 Å². The zero-order valence-corrected chi connectivity index (χ0v) is 14.9. The van der Waals surface area contributed by atoms with E-state index in [4.69, 9.17) is 0 Å². The molecule has 5 nitrogen and oxygen atoms in total. The highest BCUT2D eigenvalue weighted by atomic mass is 79.9. The molecular formula is C12H13Br2N3O2S. The van der Waals surface area contributed by atoms with Gasteiger partial charge in [0, 0.05) is 14.5 Å². The van der Waals surface area contributed by atoms with Crippen molar-refractivity contribution in [1.82, 2.24) is 10.2 Å². The molecule has 20 heavy (non-hydrogen) atoms. The molecule has 0 aliphatic carbocycles. The van der Waals surface area contributed by atoms with Gasteiger partial charge in [0.05, 0.1) is 6.20 Å². The summed E-state index contributed by atoms with van der Waals surface area (Å²) in [6.45, 7) is 3.82. The molecule has 0 aliphatic rings. The lowest BCUT2D eigenvalue weighted by atomic mass is 10.2. The van der Waals surface area contributed by atoms with Gasteiger partial charge in [-0.05, 0) is 47.0 Å². The molecule has 0 amide bonds. The Labute approximate surface area is 134 Å². The lowest BCUT2D eigenvalue weighted by molar-refractivity contribution is 0.600. The van der Waals surface area contributed by atoms with Crippen molar-refractivity contribution in [3.8, 4) is 0 Å². The maximum absolute atomic E-state index is 12.4. The highest BCUT2D eigenvalue weighted by molar-refractivity contribution is 9.11. The van der Waals surface area contributed by atoms with E-state index in [-0.39, 0.29) is 4.90 Å². The summed E-state index contributed by atoms with van der Waals surface area (Å²) < 4.78 is 28.7. The Bertz CT molecular complexity index is 741. The van der Waals surface area contributed by atoms with Crippen molar-refractivity contribution >= 4 is 47.7 Å². The number of halogens is 2. The number of hydrogen-bond donors (Lipinski definition) is 2. The van der Waals surface area contributed by atoms with E-state index in [0.717, 1.165) is 15.6 Å². The van der Waals surface area contributed by atoms with Crippen LogP contribution in [-0.4, -0.2) is 18.6 Å². The number of aromatic amines is 1. The van der Waals surface area contributed by atoms with E-state index in [9.17, 15) is 8.42 Å². The molecule has 0 unspecified atom stereocenters. The fourth-order valence-electron chi connectivity index (χ4n) is 1.69. The lowest BCUT2D eigenvalue weighted by Gasteiger charge is -2.11. The quantitative estimate of drug-likeness (QED) is 0.790. The molecule has 0 bridgehead atoms. The predicted molar refractivity (Wildman–Crippen MR) is 85.4 cm³/mol. The summed E-state index contributed by atoms with van der Waals surface area (Å²) in [6, 6.07) is 3.33. The number of aryl methyl sites for hydroxylation is 2. The Kier molecular flexibility index (Phi) is 4.55. The fourth-order valence-corrected chi connectivity index (χ4v) is 4.43. The standard InChI is InChI=1S/C12H13Br2N3O2S/c1-3-8-6-15-16-12(8)17-20(18,19)11-5-9(13)7(2)4-10(11)14/h4-6H,3H2,1-2H3,(H2,15,16,17). The van der Waals surface area contributed by atoms with Crippen molar-refractivity contribution in [1.29, 1.82) is 0 Å². The van der Waals surface area contributed by atoms with Crippen molar-refractivity contribution in [2.24, 2.45) is 0 Å². The van der Waals surface area contributed by atoms with E-state index in [0.29, 0.717) is 16.7 Å². The lowest BCUT2D eigenvalue weighted by Crippen LogP contribution is -2.15. The van der Waals surface area contributed by atoms with E-state index in [1.807, 2.05) is 13.8 Å². The minimum Gasteiger partial charge on any atom is -0.263 e. The van der Waals surface area contributed by atoms with Gasteiger partial charge in [0.25, 0.3) is 10.0 Å². The minimum absolute atomic E-state index is 0.173. The third-order valence-electron chi connectivity index (χ3n) is 2.84. The van der Waals surface area contributed by atoms with Gasteiger partial charge in [-0.2, -0.15) is 5.10 Å². The van der Waals surface area contributed by atoms with Gasteiger partial charge >= 0.3 is 0 Å². The third-order valence-corrected chi connectivity index (χ3v) is 6.00. The first-order chi connectivity index (χ1) is 9.35. The van der Waals surface area contributed by atoms with Gasteiger partial charge in [-0.25, -0.2) is 8.42 Å². The van der Waals surface area contributed by atoms with Crippen LogP contribution in [0.1, 0.15) is 18.1 Å². The van der Waals surface area contributed by atoms with Crippen LogP contribution in [0, 0.1) is 6.92 Å². The Balaban J connectivity index is 2.43. The molecule has 8 heteroatoms. The van der Waals surface area contributed by atoms with Crippen molar-refractivity contribution in [2.75, 3.05) is 4.72 Å². The molecule has 0 saturated heterocycles. The number of anilines is 1. The number of sulfonamides is 1. The third kappa shape index (κ3) is 3.07. The molecule has 108 valence electrons. The van der Waals surface area contributed by atoms with Crippen LogP contribution >= 0.6 is 31.9 Å².